The first kappa shape index (κ1) is 21.4. The van der Waals surface area contributed by atoms with Gasteiger partial charge in [0.15, 0.2) is 5.96 Å². The molecule has 0 radical (unpaired) electrons. The molecule has 1 aromatic rings. The Morgan fingerprint density at radius 1 is 1.24 bits per heavy atom. The van der Waals surface area contributed by atoms with Crippen LogP contribution < -0.4 is 20.7 Å². The van der Waals surface area contributed by atoms with Gasteiger partial charge in [0.1, 0.15) is 12.3 Å². The highest BCUT2D eigenvalue weighted by Crippen LogP contribution is 2.23. The summed E-state index contributed by atoms with van der Waals surface area (Å²) in [7, 11) is 1.68. The molecule has 1 aliphatic heterocycles. The van der Waals surface area contributed by atoms with E-state index in [1.807, 2.05) is 19.1 Å². The third-order valence-corrected chi connectivity index (χ3v) is 5.12. The fraction of sp³-hybridized carbons (Fsp3) is 0.619. The van der Waals surface area contributed by atoms with Crippen molar-refractivity contribution in [2.75, 3.05) is 53.0 Å². The van der Waals surface area contributed by atoms with Crippen LogP contribution in [0, 0.1) is 0 Å². The molecule has 1 unspecified atom stereocenters. The summed E-state index contributed by atoms with van der Waals surface area (Å²) in [5, 5.41) is 9.61. The van der Waals surface area contributed by atoms with Gasteiger partial charge in [-0.3, -0.25) is 9.69 Å². The van der Waals surface area contributed by atoms with Crippen molar-refractivity contribution in [1.82, 2.24) is 20.9 Å². The second-order valence-corrected chi connectivity index (χ2v) is 7.36. The lowest BCUT2D eigenvalue weighted by Crippen LogP contribution is -2.46. The number of benzene rings is 1. The van der Waals surface area contributed by atoms with Crippen molar-refractivity contribution in [3.63, 3.8) is 0 Å². The Bertz CT molecular complexity index is 669. The number of hydrogen-bond donors (Lipinski definition) is 3. The van der Waals surface area contributed by atoms with Crippen LogP contribution in [0.3, 0.4) is 0 Å². The molecule has 1 aliphatic carbocycles. The highest BCUT2D eigenvalue weighted by Gasteiger charge is 2.24. The van der Waals surface area contributed by atoms with E-state index in [2.05, 4.69) is 38.0 Å². The van der Waals surface area contributed by atoms with Crippen LogP contribution in [0.5, 0.6) is 5.75 Å². The monoisotopic (exact) mass is 403 g/mol. The summed E-state index contributed by atoms with van der Waals surface area (Å²) in [6.07, 6.45) is 2.16. The smallest absolute Gasteiger partial charge is 0.242 e. The Morgan fingerprint density at radius 2 is 1.97 bits per heavy atom. The Morgan fingerprint density at radius 3 is 2.59 bits per heavy atom. The fourth-order valence-corrected chi connectivity index (χ4v) is 3.36. The van der Waals surface area contributed by atoms with Gasteiger partial charge in [0.2, 0.25) is 5.91 Å². The van der Waals surface area contributed by atoms with Crippen LogP contribution in [-0.4, -0.2) is 75.9 Å². The maximum atomic E-state index is 12.0. The SMILES string of the molecule is CCNC(=NCC(=O)NC1CC1)NCC(c1ccc(OC)cc1)N1CCOCC1. The average molecular weight is 404 g/mol. The molecular formula is C21H33N5O3. The van der Waals surface area contributed by atoms with Gasteiger partial charge in [0, 0.05) is 32.2 Å². The predicted molar refractivity (Wildman–Crippen MR) is 113 cm³/mol. The van der Waals surface area contributed by atoms with Crippen LogP contribution in [0.1, 0.15) is 31.4 Å². The minimum atomic E-state index is -0.0235. The number of carbonyl (C=O) groups is 1. The zero-order valence-electron chi connectivity index (χ0n) is 17.4. The molecule has 2 aliphatic rings. The van der Waals surface area contributed by atoms with Crippen molar-refractivity contribution in [3.8, 4) is 5.75 Å². The summed E-state index contributed by atoms with van der Waals surface area (Å²) in [6.45, 7) is 6.82. The molecule has 0 bridgehead atoms. The molecule has 1 heterocycles. The Labute approximate surface area is 173 Å². The van der Waals surface area contributed by atoms with Gasteiger partial charge in [-0.25, -0.2) is 4.99 Å². The number of carbonyl (C=O) groups excluding carboxylic acids is 1. The summed E-state index contributed by atoms with van der Waals surface area (Å²) in [4.78, 5) is 18.8. The number of guanidine groups is 1. The van der Waals surface area contributed by atoms with Crippen molar-refractivity contribution in [2.45, 2.75) is 31.8 Å². The predicted octanol–water partition coefficient (Wildman–Crippen LogP) is 0.902. The summed E-state index contributed by atoms with van der Waals surface area (Å²) < 4.78 is 10.8. The van der Waals surface area contributed by atoms with Gasteiger partial charge in [-0.2, -0.15) is 0 Å². The molecule has 1 amide bonds. The Hall–Kier alpha value is -2.32. The molecule has 3 N–H and O–H groups in total. The molecule has 29 heavy (non-hydrogen) atoms. The average Bonchev–Trinajstić information content (AvgIpc) is 3.57. The number of nitrogens with one attached hydrogen (secondary N) is 3. The molecule has 160 valence electrons. The molecule has 3 rings (SSSR count). The molecule has 1 saturated carbocycles. The van der Waals surface area contributed by atoms with E-state index in [0.717, 1.165) is 51.4 Å². The van der Waals surface area contributed by atoms with Crippen molar-refractivity contribution < 1.29 is 14.3 Å². The summed E-state index contributed by atoms with van der Waals surface area (Å²) in [5.74, 6) is 1.48. The lowest BCUT2D eigenvalue weighted by molar-refractivity contribution is -0.119. The van der Waals surface area contributed by atoms with Gasteiger partial charge in [0.25, 0.3) is 0 Å². The van der Waals surface area contributed by atoms with Gasteiger partial charge in [-0.1, -0.05) is 12.1 Å². The van der Waals surface area contributed by atoms with Gasteiger partial charge in [-0.15, -0.1) is 0 Å². The molecule has 1 aromatic carbocycles. The summed E-state index contributed by atoms with van der Waals surface area (Å²) in [5.41, 5.74) is 1.21. The summed E-state index contributed by atoms with van der Waals surface area (Å²) in [6, 6.07) is 8.72. The molecule has 0 aromatic heterocycles. The van der Waals surface area contributed by atoms with E-state index >= 15 is 0 Å². The second kappa shape index (κ2) is 11.0. The number of hydrogen-bond acceptors (Lipinski definition) is 5. The standard InChI is InChI=1S/C21H33N5O3/c1-3-22-21(24-15-20(27)25-17-6-7-17)23-14-19(26-10-12-29-13-11-26)16-4-8-18(28-2)9-5-16/h4-5,8-9,17,19H,3,6-7,10-15H2,1-2H3,(H,25,27)(H2,22,23,24). The number of nitrogens with zero attached hydrogens (tertiary/aromatic N) is 2. The van der Waals surface area contributed by atoms with Crippen LogP contribution in [-0.2, 0) is 9.53 Å². The van der Waals surface area contributed by atoms with Gasteiger partial charge in [0.05, 0.1) is 26.4 Å². The van der Waals surface area contributed by atoms with Crippen molar-refractivity contribution in [1.29, 1.82) is 0 Å². The van der Waals surface area contributed by atoms with Crippen molar-refractivity contribution >= 4 is 11.9 Å². The van der Waals surface area contributed by atoms with E-state index in [0.29, 0.717) is 18.5 Å². The minimum Gasteiger partial charge on any atom is -0.497 e. The quantitative estimate of drug-likeness (QED) is 0.420. The van der Waals surface area contributed by atoms with Crippen molar-refractivity contribution in [2.24, 2.45) is 4.99 Å². The lowest BCUT2D eigenvalue weighted by atomic mass is 10.0. The number of rotatable bonds is 9. The fourth-order valence-electron chi connectivity index (χ4n) is 3.36. The summed E-state index contributed by atoms with van der Waals surface area (Å²) >= 11 is 0. The minimum absolute atomic E-state index is 0.0235. The normalized spacial score (nSPS) is 18.8. The largest absolute Gasteiger partial charge is 0.497 e. The second-order valence-electron chi connectivity index (χ2n) is 7.36. The van der Waals surface area contributed by atoms with Crippen molar-refractivity contribution in [3.05, 3.63) is 29.8 Å². The van der Waals surface area contributed by atoms with Crippen LogP contribution in [0.4, 0.5) is 0 Å². The molecule has 1 atom stereocenters. The van der Waals surface area contributed by atoms with E-state index in [1.165, 1.54) is 5.56 Å². The zero-order valence-corrected chi connectivity index (χ0v) is 17.4. The molecule has 8 heteroatoms. The number of morpholine rings is 1. The first-order valence-electron chi connectivity index (χ1n) is 10.5. The molecular weight excluding hydrogens is 370 g/mol. The number of amides is 1. The molecule has 8 nitrogen and oxygen atoms in total. The number of aliphatic imine (C=N–C) groups is 1. The molecule has 2 fully saturated rings. The third kappa shape index (κ3) is 6.90. The number of ether oxygens (including phenoxy) is 2. The maximum Gasteiger partial charge on any atom is 0.242 e. The first-order valence-corrected chi connectivity index (χ1v) is 10.5. The number of methoxy groups -OCH3 is 1. The van der Waals surface area contributed by atoms with E-state index in [9.17, 15) is 4.79 Å². The van der Waals surface area contributed by atoms with Crippen LogP contribution >= 0.6 is 0 Å². The van der Waals surface area contributed by atoms with Crippen LogP contribution in [0.2, 0.25) is 0 Å². The lowest BCUT2D eigenvalue weighted by Gasteiger charge is -2.35. The maximum absolute atomic E-state index is 12.0. The van der Waals surface area contributed by atoms with Gasteiger partial charge in [-0.05, 0) is 37.5 Å². The van der Waals surface area contributed by atoms with Crippen LogP contribution in [0.25, 0.3) is 0 Å². The molecule has 0 spiro atoms. The third-order valence-electron chi connectivity index (χ3n) is 5.12. The van der Waals surface area contributed by atoms with E-state index in [4.69, 9.17) is 9.47 Å². The molecule has 1 saturated heterocycles. The van der Waals surface area contributed by atoms with Gasteiger partial charge >= 0.3 is 0 Å². The Kier molecular flexibility index (Phi) is 8.13. The van der Waals surface area contributed by atoms with E-state index in [-0.39, 0.29) is 18.5 Å². The van der Waals surface area contributed by atoms with Crippen LogP contribution in [0.15, 0.2) is 29.3 Å². The Balaban J connectivity index is 1.64. The van der Waals surface area contributed by atoms with E-state index in [1.54, 1.807) is 7.11 Å². The topological polar surface area (TPSA) is 87.2 Å². The van der Waals surface area contributed by atoms with E-state index < -0.39 is 0 Å². The highest BCUT2D eigenvalue weighted by molar-refractivity contribution is 5.85. The van der Waals surface area contributed by atoms with Gasteiger partial charge < -0.3 is 25.4 Å². The zero-order chi connectivity index (χ0) is 20.5. The highest BCUT2D eigenvalue weighted by atomic mass is 16.5. The first-order chi connectivity index (χ1) is 14.2.